The summed E-state index contributed by atoms with van der Waals surface area (Å²) in [5.74, 6) is 0.514. The van der Waals surface area contributed by atoms with Crippen LogP contribution in [0.15, 0.2) is 30.3 Å². The zero-order valence-electron chi connectivity index (χ0n) is 9.95. The van der Waals surface area contributed by atoms with Gasteiger partial charge in [0.05, 0.1) is 6.42 Å². The van der Waals surface area contributed by atoms with Gasteiger partial charge in [-0.15, -0.1) is 0 Å². The molecule has 0 spiro atoms. The maximum absolute atomic E-state index is 11.7. The fourth-order valence-corrected chi connectivity index (χ4v) is 1.56. The lowest BCUT2D eigenvalue weighted by Gasteiger charge is -2.02. The van der Waals surface area contributed by atoms with Gasteiger partial charge < -0.3 is 5.32 Å². The number of hydrogen-bond donors (Lipinski definition) is 2. The van der Waals surface area contributed by atoms with Gasteiger partial charge in [-0.3, -0.25) is 9.89 Å². The van der Waals surface area contributed by atoms with Crippen LogP contribution in [0, 0.1) is 13.8 Å². The molecule has 0 bridgehead atoms. The molecule has 0 aliphatic heterocycles. The van der Waals surface area contributed by atoms with Crippen molar-refractivity contribution in [3.63, 3.8) is 0 Å². The van der Waals surface area contributed by atoms with Gasteiger partial charge in [-0.1, -0.05) is 29.8 Å². The molecule has 0 aliphatic rings. The maximum atomic E-state index is 11.7. The van der Waals surface area contributed by atoms with Gasteiger partial charge in [-0.05, 0) is 19.4 Å². The van der Waals surface area contributed by atoms with E-state index in [1.165, 1.54) is 5.56 Å². The summed E-state index contributed by atoms with van der Waals surface area (Å²) in [5.41, 5.74) is 3.12. The zero-order valence-corrected chi connectivity index (χ0v) is 9.95. The normalized spacial score (nSPS) is 10.2. The smallest absolute Gasteiger partial charge is 0.229 e. The minimum atomic E-state index is -0.0552. The predicted molar refractivity (Wildman–Crippen MR) is 66.8 cm³/mol. The lowest BCUT2D eigenvalue weighted by Crippen LogP contribution is -2.14. The first kappa shape index (κ1) is 11.4. The number of nitrogens with zero attached hydrogens (tertiary/aromatic N) is 1. The predicted octanol–water partition coefficient (Wildman–Crippen LogP) is 2.21. The first-order valence-corrected chi connectivity index (χ1v) is 5.51. The Labute approximate surface area is 100 Å². The van der Waals surface area contributed by atoms with E-state index >= 15 is 0 Å². The van der Waals surface area contributed by atoms with Gasteiger partial charge in [0.15, 0.2) is 5.82 Å². The fourth-order valence-electron chi connectivity index (χ4n) is 1.56. The summed E-state index contributed by atoms with van der Waals surface area (Å²) in [7, 11) is 0. The SMILES string of the molecule is Cc1ccc(CC(=O)Nc2cc(C)[nH]n2)cc1. The van der Waals surface area contributed by atoms with Crippen molar-refractivity contribution in [1.29, 1.82) is 0 Å². The van der Waals surface area contributed by atoms with Crippen LogP contribution < -0.4 is 5.32 Å². The zero-order chi connectivity index (χ0) is 12.3. The molecule has 4 nitrogen and oxygen atoms in total. The molecular weight excluding hydrogens is 214 g/mol. The first-order valence-electron chi connectivity index (χ1n) is 5.51. The van der Waals surface area contributed by atoms with E-state index in [2.05, 4.69) is 15.5 Å². The molecule has 0 radical (unpaired) electrons. The second-order valence-electron chi connectivity index (χ2n) is 4.15. The second-order valence-corrected chi connectivity index (χ2v) is 4.15. The van der Waals surface area contributed by atoms with Crippen LogP contribution >= 0.6 is 0 Å². The van der Waals surface area contributed by atoms with Gasteiger partial charge in [0.25, 0.3) is 0 Å². The van der Waals surface area contributed by atoms with E-state index in [1.807, 2.05) is 38.1 Å². The van der Waals surface area contributed by atoms with Crippen molar-refractivity contribution in [2.45, 2.75) is 20.3 Å². The fraction of sp³-hybridized carbons (Fsp3) is 0.231. The van der Waals surface area contributed by atoms with Gasteiger partial charge in [0.2, 0.25) is 5.91 Å². The molecule has 1 aromatic carbocycles. The number of hydrogen-bond acceptors (Lipinski definition) is 2. The van der Waals surface area contributed by atoms with E-state index in [1.54, 1.807) is 6.07 Å². The van der Waals surface area contributed by atoms with Crippen molar-refractivity contribution in [3.8, 4) is 0 Å². The second kappa shape index (κ2) is 4.82. The number of aromatic nitrogens is 2. The number of benzene rings is 1. The Bertz CT molecular complexity index is 514. The van der Waals surface area contributed by atoms with Crippen molar-refractivity contribution in [2.24, 2.45) is 0 Å². The third-order valence-corrected chi connectivity index (χ3v) is 2.46. The van der Waals surface area contributed by atoms with Crippen molar-refractivity contribution in [2.75, 3.05) is 5.32 Å². The number of amides is 1. The molecule has 0 unspecified atom stereocenters. The molecule has 1 heterocycles. The standard InChI is InChI=1S/C13H15N3O/c1-9-3-5-11(6-4-9)8-13(17)14-12-7-10(2)15-16-12/h3-7H,8H2,1-2H3,(H2,14,15,16,17). The molecule has 1 aromatic heterocycles. The Morgan fingerprint density at radius 2 is 2.00 bits per heavy atom. The molecule has 0 aliphatic carbocycles. The van der Waals surface area contributed by atoms with E-state index < -0.39 is 0 Å². The highest BCUT2D eigenvalue weighted by Gasteiger charge is 2.05. The van der Waals surface area contributed by atoms with Crippen LogP contribution in [0.4, 0.5) is 5.82 Å². The Morgan fingerprint density at radius 1 is 1.29 bits per heavy atom. The summed E-state index contributed by atoms with van der Waals surface area (Å²) in [4.78, 5) is 11.7. The molecule has 0 saturated carbocycles. The molecule has 0 saturated heterocycles. The summed E-state index contributed by atoms with van der Waals surface area (Å²) in [6.07, 6.45) is 0.367. The average molecular weight is 229 g/mol. The van der Waals surface area contributed by atoms with Crippen LogP contribution in [0.3, 0.4) is 0 Å². The van der Waals surface area contributed by atoms with Crippen molar-refractivity contribution in [1.82, 2.24) is 10.2 Å². The monoisotopic (exact) mass is 229 g/mol. The number of nitrogens with one attached hydrogen (secondary N) is 2. The van der Waals surface area contributed by atoms with Crippen LogP contribution in [0.1, 0.15) is 16.8 Å². The van der Waals surface area contributed by atoms with Gasteiger partial charge in [0.1, 0.15) is 0 Å². The first-order chi connectivity index (χ1) is 8.13. The molecule has 17 heavy (non-hydrogen) atoms. The topological polar surface area (TPSA) is 57.8 Å². The summed E-state index contributed by atoms with van der Waals surface area (Å²) in [6.45, 7) is 3.92. The van der Waals surface area contributed by atoms with Crippen LogP contribution in [-0.4, -0.2) is 16.1 Å². The highest BCUT2D eigenvalue weighted by atomic mass is 16.1. The largest absolute Gasteiger partial charge is 0.309 e. The van der Waals surface area contributed by atoms with E-state index in [0.717, 1.165) is 11.3 Å². The highest BCUT2D eigenvalue weighted by molar-refractivity contribution is 5.91. The van der Waals surface area contributed by atoms with Gasteiger partial charge in [0, 0.05) is 11.8 Å². The summed E-state index contributed by atoms with van der Waals surface area (Å²) in [5, 5.41) is 9.48. The molecule has 1 amide bonds. The van der Waals surface area contributed by atoms with E-state index in [-0.39, 0.29) is 5.91 Å². The summed E-state index contributed by atoms with van der Waals surface area (Å²) >= 11 is 0. The van der Waals surface area contributed by atoms with Crippen molar-refractivity contribution in [3.05, 3.63) is 47.2 Å². The third-order valence-electron chi connectivity index (χ3n) is 2.46. The maximum Gasteiger partial charge on any atom is 0.229 e. The highest BCUT2D eigenvalue weighted by Crippen LogP contribution is 2.07. The minimum Gasteiger partial charge on any atom is -0.309 e. The number of rotatable bonds is 3. The average Bonchev–Trinajstić information content (AvgIpc) is 2.67. The quantitative estimate of drug-likeness (QED) is 0.847. The Balaban J connectivity index is 1.95. The van der Waals surface area contributed by atoms with Crippen LogP contribution in [0.25, 0.3) is 0 Å². The lowest BCUT2D eigenvalue weighted by molar-refractivity contribution is -0.115. The van der Waals surface area contributed by atoms with Gasteiger partial charge >= 0.3 is 0 Å². The number of aryl methyl sites for hydroxylation is 2. The molecule has 0 atom stereocenters. The summed E-state index contributed by atoms with van der Waals surface area (Å²) < 4.78 is 0. The number of anilines is 1. The summed E-state index contributed by atoms with van der Waals surface area (Å²) in [6, 6.07) is 9.73. The number of carbonyl (C=O) groups excluding carboxylic acids is 1. The minimum absolute atomic E-state index is 0.0552. The third kappa shape index (κ3) is 3.17. The van der Waals surface area contributed by atoms with Crippen LogP contribution in [0.5, 0.6) is 0 Å². The Morgan fingerprint density at radius 3 is 2.59 bits per heavy atom. The van der Waals surface area contributed by atoms with Gasteiger partial charge in [-0.2, -0.15) is 5.10 Å². The van der Waals surface area contributed by atoms with Gasteiger partial charge in [-0.25, -0.2) is 0 Å². The van der Waals surface area contributed by atoms with E-state index in [9.17, 15) is 4.79 Å². The molecule has 0 fully saturated rings. The van der Waals surface area contributed by atoms with Crippen molar-refractivity contribution >= 4 is 11.7 Å². The lowest BCUT2D eigenvalue weighted by atomic mass is 10.1. The Hall–Kier alpha value is -2.10. The molecule has 2 rings (SSSR count). The van der Waals surface area contributed by atoms with Crippen molar-refractivity contribution < 1.29 is 4.79 Å². The molecule has 88 valence electrons. The number of carbonyl (C=O) groups is 1. The molecule has 2 N–H and O–H groups in total. The van der Waals surface area contributed by atoms with Crippen LogP contribution in [-0.2, 0) is 11.2 Å². The van der Waals surface area contributed by atoms with E-state index in [0.29, 0.717) is 12.2 Å². The molecule has 4 heteroatoms. The molecule has 2 aromatic rings. The molecular formula is C13H15N3O. The number of aromatic amines is 1. The number of H-pyrrole nitrogens is 1. The van der Waals surface area contributed by atoms with Crippen LogP contribution in [0.2, 0.25) is 0 Å². The Kier molecular flexibility index (Phi) is 3.23. The van der Waals surface area contributed by atoms with E-state index in [4.69, 9.17) is 0 Å².